The van der Waals surface area contributed by atoms with E-state index in [9.17, 15) is 19.5 Å². The highest BCUT2D eigenvalue weighted by molar-refractivity contribution is 9.10. The zero-order chi connectivity index (χ0) is 18.8. The van der Waals surface area contributed by atoms with Crippen LogP contribution >= 0.6 is 27.3 Å². The van der Waals surface area contributed by atoms with Crippen LogP contribution in [0.15, 0.2) is 15.9 Å². The predicted octanol–water partition coefficient (Wildman–Crippen LogP) is 1.77. The van der Waals surface area contributed by atoms with Crippen LogP contribution < -0.4 is 10.7 Å². The zero-order valence-electron chi connectivity index (χ0n) is 14.4. The molecule has 3 N–H and O–H groups in total. The van der Waals surface area contributed by atoms with Crippen molar-refractivity contribution in [2.45, 2.75) is 44.7 Å². The Morgan fingerprint density at radius 3 is 2.81 bits per heavy atom. The van der Waals surface area contributed by atoms with Gasteiger partial charge in [0.1, 0.15) is 12.1 Å². The van der Waals surface area contributed by atoms with Crippen molar-refractivity contribution >= 4 is 45.1 Å². The van der Waals surface area contributed by atoms with Crippen molar-refractivity contribution in [3.05, 3.63) is 20.8 Å². The van der Waals surface area contributed by atoms with Crippen molar-refractivity contribution in [2.75, 3.05) is 6.54 Å². The Labute approximate surface area is 164 Å². The molecule has 3 rings (SSSR count). The second kappa shape index (κ2) is 8.06. The number of rotatable bonds is 6. The normalized spacial score (nSPS) is 26.2. The fourth-order valence-corrected chi connectivity index (χ4v) is 4.64. The maximum absolute atomic E-state index is 13.0. The number of nitrogens with one attached hydrogen (secondary N) is 2. The van der Waals surface area contributed by atoms with Gasteiger partial charge in [0.05, 0.1) is 0 Å². The molecule has 2 aliphatic rings. The Morgan fingerprint density at radius 1 is 1.50 bits per heavy atom. The molecule has 9 heteroatoms. The SMILES string of the molecule is C[C@H]1C[C@@H]1C(=O)N[C@@H](Cc1cc(Br)cs1)C(=O)N1CCC[C@@H](C(=O)O)N1. The Kier molecular flexibility index (Phi) is 5.99. The first-order chi connectivity index (χ1) is 12.3. The number of carboxylic acid groups (broad SMARTS) is 1. The van der Waals surface area contributed by atoms with E-state index in [1.54, 1.807) is 0 Å². The van der Waals surface area contributed by atoms with E-state index in [-0.39, 0.29) is 17.7 Å². The number of hydrogen-bond acceptors (Lipinski definition) is 5. The first kappa shape index (κ1) is 19.3. The first-order valence-corrected chi connectivity index (χ1v) is 10.4. The second-order valence-corrected chi connectivity index (χ2v) is 8.88. The molecule has 2 fully saturated rings. The summed E-state index contributed by atoms with van der Waals surface area (Å²) >= 11 is 4.92. The van der Waals surface area contributed by atoms with Gasteiger partial charge in [-0.3, -0.25) is 19.4 Å². The number of carbonyl (C=O) groups is 3. The molecule has 1 aromatic rings. The number of hydrazine groups is 1. The van der Waals surface area contributed by atoms with Gasteiger partial charge in [0.2, 0.25) is 5.91 Å². The average Bonchev–Trinajstić information content (AvgIpc) is 3.21. The van der Waals surface area contributed by atoms with Gasteiger partial charge in [0.15, 0.2) is 0 Å². The molecular weight excluding hydrogens is 422 g/mol. The van der Waals surface area contributed by atoms with E-state index >= 15 is 0 Å². The van der Waals surface area contributed by atoms with Gasteiger partial charge in [0, 0.05) is 33.6 Å². The molecule has 2 amide bonds. The average molecular weight is 444 g/mol. The van der Waals surface area contributed by atoms with E-state index in [4.69, 9.17) is 0 Å². The third-order valence-corrected chi connectivity index (χ3v) is 6.56. The monoisotopic (exact) mass is 443 g/mol. The smallest absolute Gasteiger partial charge is 0.322 e. The quantitative estimate of drug-likeness (QED) is 0.622. The largest absolute Gasteiger partial charge is 0.480 e. The zero-order valence-corrected chi connectivity index (χ0v) is 16.8. The number of hydrogen-bond donors (Lipinski definition) is 3. The van der Waals surface area contributed by atoms with E-state index in [2.05, 4.69) is 26.7 Å². The van der Waals surface area contributed by atoms with Crippen molar-refractivity contribution in [3.8, 4) is 0 Å². The van der Waals surface area contributed by atoms with Crippen molar-refractivity contribution in [2.24, 2.45) is 11.8 Å². The van der Waals surface area contributed by atoms with Crippen LogP contribution in [0.5, 0.6) is 0 Å². The Balaban J connectivity index is 1.71. The highest BCUT2D eigenvalue weighted by Gasteiger charge is 2.41. The molecule has 26 heavy (non-hydrogen) atoms. The molecule has 2 heterocycles. The number of nitrogens with zero attached hydrogens (tertiary/aromatic N) is 1. The van der Waals surface area contributed by atoms with E-state index in [0.29, 0.717) is 31.7 Å². The molecule has 0 aromatic carbocycles. The summed E-state index contributed by atoms with van der Waals surface area (Å²) < 4.78 is 0.938. The summed E-state index contributed by atoms with van der Waals surface area (Å²) in [5.41, 5.74) is 2.78. The van der Waals surface area contributed by atoms with Crippen LogP contribution in [0.3, 0.4) is 0 Å². The van der Waals surface area contributed by atoms with Crippen molar-refractivity contribution in [1.29, 1.82) is 0 Å². The van der Waals surface area contributed by atoms with Crippen LogP contribution in [-0.2, 0) is 20.8 Å². The van der Waals surface area contributed by atoms with Gasteiger partial charge in [-0.05, 0) is 47.2 Å². The van der Waals surface area contributed by atoms with E-state index in [1.807, 2.05) is 18.4 Å². The summed E-state index contributed by atoms with van der Waals surface area (Å²) in [5.74, 6) is -1.04. The van der Waals surface area contributed by atoms with Crippen LogP contribution in [0.2, 0.25) is 0 Å². The van der Waals surface area contributed by atoms with Gasteiger partial charge in [0.25, 0.3) is 5.91 Å². The fraction of sp³-hybridized carbons (Fsp3) is 0.588. The van der Waals surface area contributed by atoms with Crippen molar-refractivity contribution < 1.29 is 19.5 Å². The summed E-state index contributed by atoms with van der Waals surface area (Å²) in [5, 5.41) is 15.4. The molecule has 0 spiro atoms. The van der Waals surface area contributed by atoms with Crippen LogP contribution in [0.4, 0.5) is 0 Å². The van der Waals surface area contributed by atoms with Crippen LogP contribution in [-0.4, -0.2) is 46.5 Å². The topological polar surface area (TPSA) is 98.7 Å². The minimum absolute atomic E-state index is 0.0264. The summed E-state index contributed by atoms with van der Waals surface area (Å²) in [6.07, 6.45) is 2.33. The number of carbonyl (C=O) groups excluding carboxylic acids is 2. The number of carboxylic acids is 1. The maximum atomic E-state index is 13.0. The fourth-order valence-electron chi connectivity index (χ4n) is 3.14. The minimum atomic E-state index is -0.975. The van der Waals surface area contributed by atoms with Gasteiger partial charge in [-0.1, -0.05) is 6.92 Å². The predicted molar refractivity (Wildman–Crippen MR) is 100 cm³/mol. The highest BCUT2D eigenvalue weighted by atomic mass is 79.9. The maximum Gasteiger partial charge on any atom is 0.322 e. The molecular formula is C17H22BrN3O4S. The number of halogens is 1. The standard InChI is InChI=1S/C17H22BrN3O4S/c1-9-5-12(9)15(22)19-14(7-11-6-10(18)8-26-11)16(23)21-4-2-3-13(20-21)17(24)25/h6,8-9,12-14,20H,2-5,7H2,1H3,(H,19,22)(H,24,25)/t9-,12-,13-,14-/m0/s1. The lowest BCUT2D eigenvalue weighted by molar-refractivity contribution is -0.148. The summed E-state index contributed by atoms with van der Waals surface area (Å²) in [7, 11) is 0. The Hall–Kier alpha value is -1.45. The van der Waals surface area contributed by atoms with Crippen molar-refractivity contribution in [1.82, 2.24) is 15.8 Å². The number of amides is 2. The molecule has 1 aliphatic carbocycles. The second-order valence-electron chi connectivity index (χ2n) is 6.97. The molecule has 1 aromatic heterocycles. The highest BCUT2D eigenvalue weighted by Crippen LogP contribution is 2.37. The summed E-state index contributed by atoms with van der Waals surface area (Å²) in [6, 6.07) is 0.449. The van der Waals surface area contributed by atoms with Gasteiger partial charge in [-0.15, -0.1) is 11.3 Å². The van der Waals surface area contributed by atoms with E-state index < -0.39 is 18.1 Å². The Morgan fingerprint density at radius 2 is 2.23 bits per heavy atom. The number of thiophene rings is 1. The van der Waals surface area contributed by atoms with Crippen molar-refractivity contribution in [3.63, 3.8) is 0 Å². The third-order valence-electron chi connectivity index (χ3n) is 4.84. The lowest BCUT2D eigenvalue weighted by Crippen LogP contribution is -2.60. The van der Waals surface area contributed by atoms with E-state index in [0.717, 1.165) is 15.8 Å². The lowest BCUT2D eigenvalue weighted by atomic mass is 10.1. The van der Waals surface area contributed by atoms with Gasteiger partial charge >= 0.3 is 5.97 Å². The molecule has 0 unspecified atom stereocenters. The van der Waals surface area contributed by atoms with Gasteiger partial charge in [-0.25, -0.2) is 5.43 Å². The molecule has 0 bridgehead atoms. The molecule has 1 aliphatic heterocycles. The Bertz CT molecular complexity index is 710. The molecule has 0 radical (unpaired) electrons. The van der Waals surface area contributed by atoms with Crippen LogP contribution in [0, 0.1) is 11.8 Å². The van der Waals surface area contributed by atoms with Crippen LogP contribution in [0.1, 0.15) is 31.1 Å². The molecule has 1 saturated heterocycles. The number of aliphatic carboxylic acids is 1. The summed E-state index contributed by atoms with van der Waals surface area (Å²) in [6.45, 7) is 2.45. The molecule has 1 saturated carbocycles. The summed E-state index contributed by atoms with van der Waals surface area (Å²) in [4.78, 5) is 37.6. The van der Waals surface area contributed by atoms with E-state index in [1.165, 1.54) is 16.3 Å². The lowest BCUT2D eigenvalue weighted by Gasteiger charge is -2.34. The molecule has 4 atom stereocenters. The van der Waals surface area contributed by atoms with Crippen LogP contribution in [0.25, 0.3) is 0 Å². The minimum Gasteiger partial charge on any atom is -0.480 e. The molecule has 7 nitrogen and oxygen atoms in total. The molecule has 142 valence electrons. The third kappa shape index (κ3) is 4.63. The van der Waals surface area contributed by atoms with Gasteiger partial charge < -0.3 is 10.4 Å². The van der Waals surface area contributed by atoms with Gasteiger partial charge in [-0.2, -0.15) is 0 Å². The first-order valence-electron chi connectivity index (χ1n) is 8.68.